The lowest BCUT2D eigenvalue weighted by Gasteiger charge is -2.13. The van der Waals surface area contributed by atoms with Gasteiger partial charge in [-0.25, -0.2) is 0 Å². The Morgan fingerprint density at radius 3 is 2.50 bits per heavy atom. The Morgan fingerprint density at radius 2 is 1.96 bits per heavy atom. The number of carbonyl (C=O) groups is 1. The van der Waals surface area contributed by atoms with Gasteiger partial charge in [0.15, 0.2) is 0 Å². The molecule has 0 saturated carbocycles. The predicted octanol–water partition coefficient (Wildman–Crippen LogP) is 3.73. The lowest BCUT2D eigenvalue weighted by molar-refractivity contribution is -0.137. The number of benzene rings is 1. The van der Waals surface area contributed by atoms with Gasteiger partial charge in [-0.3, -0.25) is 4.79 Å². The highest BCUT2D eigenvalue weighted by Gasteiger charge is 2.29. The predicted molar refractivity (Wildman–Crippen MR) is 81.2 cm³/mol. The summed E-state index contributed by atoms with van der Waals surface area (Å²) in [4.78, 5) is 11.9. The van der Waals surface area contributed by atoms with Gasteiger partial charge >= 0.3 is 6.18 Å². The van der Waals surface area contributed by atoms with E-state index in [1.54, 1.807) is 12.1 Å². The molecule has 7 heteroatoms. The number of alkyl halides is 3. The van der Waals surface area contributed by atoms with Crippen LogP contribution >= 0.6 is 0 Å². The van der Waals surface area contributed by atoms with Gasteiger partial charge in [0.25, 0.3) is 0 Å². The third kappa shape index (κ3) is 5.13. The maximum atomic E-state index is 12.5. The first-order chi connectivity index (χ1) is 11.4. The maximum Gasteiger partial charge on any atom is 0.416 e. The van der Waals surface area contributed by atoms with E-state index in [9.17, 15) is 18.0 Å². The van der Waals surface area contributed by atoms with E-state index >= 15 is 0 Å². The van der Waals surface area contributed by atoms with Gasteiger partial charge in [0.1, 0.15) is 11.9 Å². The third-order valence-electron chi connectivity index (χ3n) is 3.55. The van der Waals surface area contributed by atoms with Crippen LogP contribution in [0, 0.1) is 0 Å². The van der Waals surface area contributed by atoms with Crippen molar-refractivity contribution in [3.8, 4) is 0 Å². The van der Waals surface area contributed by atoms with E-state index in [2.05, 4.69) is 5.32 Å². The number of carbonyl (C=O) groups excluding carboxylic acids is 1. The quantitative estimate of drug-likeness (QED) is 0.835. The summed E-state index contributed by atoms with van der Waals surface area (Å²) in [5.41, 5.74) is -0.0236. The fourth-order valence-corrected chi connectivity index (χ4v) is 2.19. The summed E-state index contributed by atoms with van der Waals surface area (Å²) in [6.45, 7) is 0.260. The molecule has 1 atom stereocenters. The van der Waals surface area contributed by atoms with E-state index in [0.29, 0.717) is 17.7 Å². The van der Waals surface area contributed by atoms with Crippen LogP contribution in [0.5, 0.6) is 0 Å². The van der Waals surface area contributed by atoms with Gasteiger partial charge in [0, 0.05) is 13.5 Å². The molecule has 0 radical (unpaired) electrons. The number of amides is 1. The van der Waals surface area contributed by atoms with E-state index in [-0.39, 0.29) is 25.0 Å². The molecule has 0 fully saturated rings. The van der Waals surface area contributed by atoms with Crippen molar-refractivity contribution in [1.82, 2.24) is 5.32 Å². The molecule has 1 heterocycles. The minimum absolute atomic E-state index is 0.181. The first kappa shape index (κ1) is 18.1. The minimum Gasteiger partial charge on any atom is -0.467 e. The Hall–Kier alpha value is -2.28. The number of halogens is 3. The van der Waals surface area contributed by atoms with Gasteiger partial charge in [-0.05, 0) is 36.2 Å². The Labute approximate surface area is 137 Å². The van der Waals surface area contributed by atoms with Crippen LogP contribution in [0.3, 0.4) is 0 Å². The highest BCUT2D eigenvalue weighted by molar-refractivity contribution is 5.76. The number of aryl methyl sites for hydroxylation is 1. The summed E-state index contributed by atoms with van der Waals surface area (Å²) >= 11 is 0. The summed E-state index contributed by atoms with van der Waals surface area (Å²) in [6.07, 6.45) is -2.66. The zero-order chi connectivity index (χ0) is 17.6. The molecule has 1 aromatic carbocycles. The van der Waals surface area contributed by atoms with Crippen LogP contribution in [0.15, 0.2) is 47.1 Å². The fourth-order valence-electron chi connectivity index (χ4n) is 2.19. The highest BCUT2D eigenvalue weighted by atomic mass is 19.4. The molecule has 0 aliphatic rings. The molecule has 1 aromatic heterocycles. The second kappa shape index (κ2) is 8.01. The summed E-state index contributed by atoms with van der Waals surface area (Å²) in [7, 11) is 1.52. The number of rotatable bonds is 7. The number of nitrogens with one attached hydrogen (secondary N) is 1. The molecule has 0 spiro atoms. The number of ether oxygens (including phenoxy) is 1. The third-order valence-corrected chi connectivity index (χ3v) is 3.55. The molecule has 24 heavy (non-hydrogen) atoms. The molecule has 0 aliphatic carbocycles. The number of furan rings is 1. The summed E-state index contributed by atoms with van der Waals surface area (Å²) in [5.74, 6) is 0.407. The topological polar surface area (TPSA) is 51.5 Å². The van der Waals surface area contributed by atoms with Crippen molar-refractivity contribution in [1.29, 1.82) is 0 Å². The molecule has 1 amide bonds. The van der Waals surface area contributed by atoms with Crippen LogP contribution in [-0.2, 0) is 22.1 Å². The molecular formula is C17H18F3NO3. The Morgan fingerprint density at radius 1 is 1.25 bits per heavy atom. The molecular weight excluding hydrogens is 323 g/mol. The SMILES string of the molecule is CO[C@H](CNC(=O)CCc1ccc(C(F)(F)F)cc1)c1ccco1. The number of hydrogen-bond donors (Lipinski definition) is 1. The van der Waals surface area contributed by atoms with Crippen LogP contribution < -0.4 is 5.32 Å². The first-order valence-electron chi connectivity index (χ1n) is 7.39. The van der Waals surface area contributed by atoms with Crippen molar-refractivity contribution in [3.63, 3.8) is 0 Å². The van der Waals surface area contributed by atoms with Crippen molar-refractivity contribution in [2.75, 3.05) is 13.7 Å². The first-order valence-corrected chi connectivity index (χ1v) is 7.39. The van der Waals surface area contributed by atoms with E-state index in [4.69, 9.17) is 9.15 Å². The molecule has 0 aliphatic heterocycles. The lowest BCUT2D eigenvalue weighted by atomic mass is 10.1. The van der Waals surface area contributed by atoms with Gasteiger partial charge in [0.05, 0.1) is 18.4 Å². The van der Waals surface area contributed by atoms with Gasteiger partial charge < -0.3 is 14.5 Å². The largest absolute Gasteiger partial charge is 0.467 e. The number of hydrogen-bond acceptors (Lipinski definition) is 3. The van der Waals surface area contributed by atoms with E-state index < -0.39 is 11.7 Å². The summed E-state index contributed by atoms with van der Waals surface area (Å²) in [5, 5.41) is 2.72. The van der Waals surface area contributed by atoms with Crippen molar-refractivity contribution in [2.24, 2.45) is 0 Å². The average Bonchev–Trinajstić information content (AvgIpc) is 3.07. The molecule has 2 rings (SSSR count). The van der Waals surface area contributed by atoms with Crippen LogP contribution in [0.4, 0.5) is 13.2 Å². The normalized spacial score (nSPS) is 12.8. The van der Waals surface area contributed by atoms with Gasteiger partial charge in [-0.1, -0.05) is 12.1 Å². The zero-order valence-electron chi connectivity index (χ0n) is 13.1. The van der Waals surface area contributed by atoms with E-state index in [1.807, 2.05) is 0 Å². The Bertz CT molecular complexity index is 636. The molecule has 1 N–H and O–H groups in total. The summed E-state index contributed by atoms with van der Waals surface area (Å²) in [6, 6.07) is 8.29. The molecule has 130 valence electrons. The zero-order valence-corrected chi connectivity index (χ0v) is 13.1. The second-order valence-electron chi connectivity index (χ2n) is 5.24. The maximum absolute atomic E-state index is 12.5. The van der Waals surface area contributed by atoms with Gasteiger partial charge in [0.2, 0.25) is 5.91 Å². The smallest absolute Gasteiger partial charge is 0.416 e. The highest BCUT2D eigenvalue weighted by Crippen LogP contribution is 2.29. The van der Waals surface area contributed by atoms with Gasteiger partial charge in [-0.2, -0.15) is 13.2 Å². The molecule has 0 unspecified atom stereocenters. The minimum atomic E-state index is -4.35. The molecule has 0 bridgehead atoms. The molecule has 4 nitrogen and oxygen atoms in total. The molecule has 0 saturated heterocycles. The van der Waals surface area contributed by atoms with Gasteiger partial charge in [-0.15, -0.1) is 0 Å². The van der Waals surface area contributed by atoms with Crippen molar-refractivity contribution in [2.45, 2.75) is 25.1 Å². The van der Waals surface area contributed by atoms with Crippen LogP contribution in [0.25, 0.3) is 0 Å². The van der Waals surface area contributed by atoms with E-state index in [0.717, 1.165) is 12.1 Å². The average molecular weight is 341 g/mol. The van der Waals surface area contributed by atoms with Crippen LogP contribution in [0.2, 0.25) is 0 Å². The standard InChI is InChI=1S/C17H18F3NO3/c1-23-15(14-3-2-10-24-14)11-21-16(22)9-6-12-4-7-13(8-5-12)17(18,19)20/h2-5,7-8,10,15H,6,9,11H2,1H3,(H,21,22)/t15-/m1/s1. The van der Waals surface area contributed by atoms with Crippen molar-refractivity contribution in [3.05, 3.63) is 59.5 Å². The fraction of sp³-hybridized carbons (Fsp3) is 0.353. The number of methoxy groups -OCH3 is 1. The van der Waals surface area contributed by atoms with Crippen molar-refractivity contribution >= 4 is 5.91 Å². The Balaban J connectivity index is 1.78. The van der Waals surface area contributed by atoms with Crippen molar-refractivity contribution < 1.29 is 27.1 Å². The lowest BCUT2D eigenvalue weighted by Crippen LogP contribution is -2.29. The second-order valence-corrected chi connectivity index (χ2v) is 5.24. The molecule has 2 aromatic rings. The van der Waals surface area contributed by atoms with Crippen LogP contribution in [-0.4, -0.2) is 19.6 Å². The van der Waals surface area contributed by atoms with Crippen LogP contribution in [0.1, 0.15) is 29.4 Å². The Kier molecular flexibility index (Phi) is 6.03. The van der Waals surface area contributed by atoms with E-state index in [1.165, 1.54) is 25.5 Å². The monoisotopic (exact) mass is 341 g/mol. The summed E-state index contributed by atoms with van der Waals surface area (Å²) < 4.78 is 47.9.